The van der Waals surface area contributed by atoms with Crippen molar-refractivity contribution in [1.82, 2.24) is 0 Å². The Morgan fingerprint density at radius 2 is 1.51 bits per heavy atom. The fourth-order valence-electron chi connectivity index (χ4n) is 4.45. The Morgan fingerprint density at radius 1 is 0.860 bits per heavy atom. The molecule has 0 bridgehead atoms. The molecule has 0 fully saturated rings. The number of unbranched alkanes of at least 4 members (excludes halogenated alkanes) is 3. The van der Waals surface area contributed by atoms with Gasteiger partial charge in [0.2, 0.25) is 0 Å². The summed E-state index contributed by atoms with van der Waals surface area (Å²) in [5.74, 6) is -1.52. The van der Waals surface area contributed by atoms with Crippen LogP contribution in [0.2, 0.25) is 0 Å². The summed E-state index contributed by atoms with van der Waals surface area (Å²) < 4.78 is 40.4. The maximum Gasteiger partial charge on any atom is 0.339 e. The number of hydrogen-bond donors (Lipinski definition) is 0. The van der Waals surface area contributed by atoms with Crippen molar-refractivity contribution in [3.8, 4) is 0 Å². The van der Waals surface area contributed by atoms with E-state index in [-0.39, 0.29) is 36.2 Å². The van der Waals surface area contributed by atoms with Gasteiger partial charge in [0.1, 0.15) is 19.8 Å². The van der Waals surface area contributed by atoms with Crippen LogP contribution < -0.4 is 0 Å². The maximum absolute atomic E-state index is 14.4. The Hall–Kier alpha value is -2.23. The molecule has 0 radical (unpaired) electrons. The minimum absolute atomic E-state index is 0.0463. The molecule has 0 saturated carbocycles. The molecule has 0 aliphatic rings. The number of ether oxygens (including phenoxy) is 2. The first-order valence-electron chi connectivity index (χ1n) is 14.9. The molecule has 2 rings (SSSR count). The second-order valence-corrected chi connectivity index (χ2v) is 12.2. The van der Waals surface area contributed by atoms with Gasteiger partial charge in [-0.15, -0.1) is 11.8 Å². The molecule has 2 aromatic rings. The molecule has 0 amide bonds. The second kappa shape index (κ2) is 20.7. The smallest absolute Gasteiger partial charge is 0.339 e. The number of carbonyl (C=O) groups excluding carboxylic acids is 2. The number of rotatable bonds is 17. The SMILES string of the molecule is CBr.CCCCCCC(CCC)C(=O)OC/C(=C(\C(=O)OCC[N+](C)(C)C)c1ccc(F)c(F)c1)c1ccc(SC)cc1. The predicted octanol–water partition coefficient (Wildman–Crippen LogP) is 8.79. The van der Waals surface area contributed by atoms with Gasteiger partial charge in [-0.05, 0) is 60.3 Å². The minimum Gasteiger partial charge on any atom is -0.461 e. The summed E-state index contributed by atoms with van der Waals surface area (Å²) in [7, 11) is 5.94. The first-order valence-corrected chi connectivity index (χ1v) is 17.7. The Balaban J connectivity index is 0.00000452. The van der Waals surface area contributed by atoms with Crippen molar-refractivity contribution in [2.45, 2.75) is 63.7 Å². The molecule has 1 atom stereocenters. The van der Waals surface area contributed by atoms with E-state index >= 15 is 0 Å². The molecule has 240 valence electrons. The highest BCUT2D eigenvalue weighted by atomic mass is 79.9. The molecular weight excluding hydrogens is 636 g/mol. The van der Waals surface area contributed by atoms with Crippen LogP contribution >= 0.6 is 27.7 Å². The molecule has 0 aromatic heterocycles. The lowest BCUT2D eigenvalue weighted by Crippen LogP contribution is -2.38. The van der Waals surface area contributed by atoms with Crippen molar-refractivity contribution < 1.29 is 32.3 Å². The number of alkyl halides is 1. The van der Waals surface area contributed by atoms with Crippen molar-refractivity contribution in [3.63, 3.8) is 0 Å². The lowest BCUT2D eigenvalue weighted by atomic mass is 9.94. The van der Waals surface area contributed by atoms with Crippen molar-refractivity contribution in [2.24, 2.45) is 5.92 Å². The van der Waals surface area contributed by atoms with Crippen LogP contribution in [0, 0.1) is 17.6 Å². The Labute approximate surface area is 270 Å². The van der Waals surface area contributed by atoms with Crippen LogP contribution in [0.3, 0.4) is 0 Å². The molecule has 9 heteroatoms. The predicted molar refractivity (Wildman–Crippen MR) is 178 cm³/mol. The lowest BCUT2D eigenvalue weighted by molar-refractivity contribution is -0.870. The molecule has 1 unspecified atom stereocenters. The highest BCUT2D eigenvalue weighted by Crippen LogP contribution is 2.31. The normalized spacial score (nSPS) is 12.5. The fraction of sp³-hybridized carbons (Fsp3) is 0.529. The van der Waals surface area contributed by atoms with Gasteiger partial charge in [-0.3, -0.25) is 4.79 Å². The highest BCUT2D eigenvalue weighted by molar-refractivity contribution is 9.08. The number of hydrogen-bond acceptors (Lipinski definition) is 5. The first-order chi connectivity index (χ1) is 20.5. The van der Waals surface area contributed by atoms with Crippen LogP contribution in [0.15, 0.2) is 47.4 Å². The summed E-state index contributed by atoms with van der Waals surface area (Å²) in [6, 6.07) is 10.8. The van der Waals surface area contributed by atoms with E-state index in [9.17, 15) is 18.4 Å². The molecule has 0 saturated heterocycles. The standard InChI is InChI=1S/C33H46F2NO4S.CH3Br/c1-7-9-10-11-13-25(12-8-2)32(37)40-23-28(24-14-17-27(41-6)18-15-24)31(26-16-19-29(34)30(35)22-26)33(38)39-21-20-36(3,4)5;1-2/h14-19,22,25H,7-13,20-21,23H2,1-6H3;1H3/q+1;/b31-28+;. The van der Waals surface area contributed by atoms with Crippen LogP contribution in [-0.2, 0) is 19.1 Å². The van der Waals surface area contributed by atoms with Crippen molar-refractivity contribution >= 4 is 50.8 Å². The van der Waals surface area contributed by atoms with Gasteiger partial charge in [-0.25, -0.2) is 13.6 Å². The molecule has 43 heavy (non-hydrogen) atoms. The minimum atomic E-state index is -1.08. The van der Waals surface area contributed by atoms with Gasteiger partial charge >= 0.3 is 11.9 Å². The average molecular weight is 686 g/mol. The van der Waals surface area contributed by atoms with Gasteiger partial charge in [0.05, 0.1) is 32.6 Å². The van der Waals surface area contributed by atoms with Crippen molar-refractivity contribution in [3.05, 3.63) is 65.2 Å². The molecule has 0 aliphatic heterocycles. The molecular formula is C34H49BrF2NO4S+. The summed E-state index contributed by atoms with van der Waals surface area (Å²) in [4.78, 5) is 27.9. The molecule has 0 heterocycles. The maximum atomic E-state index is 14.4. The quantitative estimate of drug-likeness (QED) is 0.0317. The third kappa shape index (κ3) is 14.0. The summed E-state index contributed by atoms with van der Waals surface area (Å²) in [6.45, 7) is 4.67. The van der Waals surface area contributed by atoms with E-state index in [1.54, 1.807) is 11.8 Å². The van der Waals surface area contributed by atoms with Crippen LogP contribution in [0.5, 0.6) is 0 Å². The summed E-state index contributed by atoms with van der Waals surface area (Å²) >= 11 is 4.51. The number of likely N-dealkylation sites (N-methyl/N-ethyl adjacent to an activating group) is 1. The molecule has 5 nitrogen and oxygen atoms in total. The van der Waals surface area contributed by atoms with Gasteiger partial charge in [0.15, 0.2) is 11.6 Å². The zero-order chi connectivity index (χ0) is 32.4. The number of benzene rings is 2. The van der Waals surface area contributed by atoms with Crippen LogP contribution in [-0.4, -0.2) is 69.4 Å². The number of nitrogens with zero attached hydrogens (tertiary/aromatic N) is 1. The van der Waals surface area contributed by atoms with Crippen molar-refractivity contribution in [2.75, 3.05) is 53.0 Å². The Bertz CT molecular complexity index is 1170. The fourth-order valence-corrected chi connectivity index (χ4v) is 4.86. The number of carbonyl (C=O) groups is 2. The van der Waals surface area contributed by atoms with E-state index in [0.717, 1.165) is 62.0 Å². The van der Waals surface area contributed by atoms with Gasteiger partial charge in [-0.2, -0.15) is 0 Å². The van der Waals surface area contributed by atoms with Crippen LogP contribution in [0.4, 0.5) is 8.78 Å². The Morgan fingerprint density at radius 3 is 2.07 bits per heavy atom. The number of quaternary nitrogens is 1. The second-order valence-electron chi connectivity index (χ2n) is 11.3. The van der Waals surface area contributed by atoms with E-state index in [1.807, 2.05) is 64.4 Å². The van der Waals surface area contributed by atoms with E-state index in [4.69, 9.17) is 9.47 Å². The van der Waals surface area contributed by atoms with E-state index in [0.29, 0.717) is 22.2 Å². The number of esters is 2. The molecule has 0 N–H and O–H groups in total. The van der Waals surface area contributed by atoms with Crippen LogP contribution in [0.25, 0.3) is 11.1 Å². The van der Waals surface area contributed by atoms with Gasteiger partial charge < -0.3 is 14.0 Å². The number of halogens is 3. The summed E-state index contributed by atoms with van der Waals surface area (Å²) in [6.07, 6.45) is 8.53. The van der Waals surface area contributed by atoms with E-state index < -0.39 is 17.6 Å². The number of thioether (sulfide) groups is 1. The molecule has 0 aliphatic carbocycles. The monoisotopic (exact) mass is 684 g/mol. The van der Waals surface area contributed by atoms with Crippen molar-refractivity contribution in [1.29, 1.82) is 0 Å². The summed E-state index contributed by atoms with van der Waals surface area (Å²) in [5, 5.41) is 0. The largest absolute Gasteiger partial charge is 0.461 e. The molecule has 2 aromatic carbocycles. The molecule has 0 spiro atoms. The zero-order valence-corrected chi connectivity index (χ0v) is 29.2. The van der Waals surface area contributed by atoms with Gasteiger partial charge in [-0.1, -0.05) is 80.1 Å². The average Bonchev–Trinajstić information content (AvgIpc) is 2.98. The van der Waals surface area contributed by atoms with Gasteiger partial charge in [0.25, 0.3) is 0 Å². The Kier molecular flexibility index (Phi) is 18.7. The zero-order valence-electron chi connectivity index (χ0n) is 26.8. The lowest BCUT2D eigenvalue weighted by Gasteiger charge is -2.24. The summed E-state index contributed by atoms with van der Waals surface area (Å²) in [5.41, 5.74) is 1.22. The highest BCUT2D eigenvalue weighted by Gasteiger charge is 2.25. The van der Waals surface area contributed by atoms with Gasteiger partial charge in [0, 0.05) is 10.5 Å². The first kappa shape index (κ1) is 38.8. The third-order valence-corrected chi connectivity index (χ3v) is 7.63. The van der Waals surface area contributed by atoms with E-state index in [1.165, 1.54) is 6.07 Å². The van der Waals surface area contributed by atoms with Crippen LogP contribution in [0.1, 0.15) is 69.9 Å². The third-order valence-electron chi connectivity index (χ3n) is 6.88. The van der Waals surface area contributed by atoms with E-state index in [2.05, 4.69) is 22.9 Å². The topological polar surface area (TPSA) is 52.6 Å².